The zero-order valence-corrected chi connectivity index (χ0v) is 13.4. The van der Waals surface area contributed by atoms with Crippen molar-refractivity contribution in [3.05, 3.63) is 59.2 Å². The molecule has 2 aromatic carbocycles. The van der Waals surface area contributed by atoms with Crippen molar-refractivity contribution in [2.24, 2.45) is 5.73 Å². The van der Waals surface area contributed by atoms with Gasteiger partial charge in [-0.05, 0) is 36.2 Å². The molecule has 0 saturated heterocycles. The standard InChI is InChI=1S/C17H20N2OS/c1-12-5-4-6-15(17(18)21)16(12)19(2)11-13-7-9-14(20-3)10-8-13/h4-10H,11H2,1-3H3,(H2,18,21). The minimum atomic E-state index is 0.426. The van der Waals surface area contributed by atoms with Gasteiger partial charge in [-0.15, -0.1) is 0 Å². The molecule has 0 unspecified atom stereocenters. The first-order chi connectivity index (χ1) is 10.0. The number of methoxy groups -OCH3 is 1. The maximum absolute atomic E-state index is 5.84. The molecule has 110 valence electrons. The fourth-order valence-corrected chi connectivity index (χ4v) is 2.61. The third kappa shape index (κ3) is 3.52. The highest BCUT2D eigenvalue weighted by atomic mass is 32.1. The van der Waals surface area contributed by atoms with E-state index in [0.29, 0.717) is 4.99 Å². The van der Waals surface area contributed by atoms with Gasteiger partial charge in [-0.3, -0.25) is 0 Å². The summed E-state index contributed by atoms with van der Waals surface area (Å²) in [6.45, 7) is 2.85. The van der Waals surface area contributed by atoms with Crippen LogP contribution in [-0.2, 0) is 6.54 Å². The second kappa shape index (κ2) is 6.59. The fraction of sp³-hybridized carbons (Fsp3) is 0.235. The van der Waals surface area contributed by atoms with Crippen LogP contribution in [0.25, 0.3) is 0 Å². The molecule has 2 aromatic rings. The van der Waals surface area contributed by atoms with Crippen molar-refractivity contribution in [1.29, 1.82) is 0 Å². The summed E-state index contributed by atoms with van der Waals surface area (Å²) in [5.74, 6) is 0.862. The van der Waals surface area contributed by atoms with Gasteiger partial charge in [0, 0.05) is 24.8 Å². The predicted molar refractivity (Wildman–Crippen MR) is 92.2 cm³/mol. The Morgan fingerprint density at radius 2 is 1.86 bits per heavy atom. The van der Waals surface area contributed by atoms with Crippen molar-refractivity contribution in [3.63, 3.8) is 0 Å². The van der Waals surface area contributed by atoms with Crippen molar-refractivity contribution in [2.45, 2.75) is 13.5 Å². The van der Waals surface area contributed by atoms with Gasteiger partial charge in [0.25, 0.3) is 0 Å². The third-order valence-electron chi connectivity index (χ3n) is 3.46. The van der Waals surface area contributed by atoms with Crippen LogP contribution in [0, 0.1) is 6.92 Å². The lowest BCUT2D eigenvalue weighted by molar-refractivity contribution is 0.414. The average molecular weight is 300 g/mol. The molecule has 0 bridgehead atoms. The summed E-state index contributed by atoms with van der Waals surface area (Å²) in [4.78, 5) is 2.60. The first-order valence-corrected chi connectivity index (χ1v) is 7.17. The van der Waals surface area contributed by atoms with E-state index in [1.54, 1.807) is 7.11 Å². The number of nitrogens with zero attached hydrogens (tertiary/aromatic N) is 1. The van der Waals surface area contributed by atoms with Crippen LogP contribution in [0.5, 0.6) is 5.75 Å². The van der Waals surface area contributed by atoms with E-state index in [2.05, 4.69) is 30.0 Å². The van der Waals surface area contributed by atoms with Crippen LogP contribution in [0.2, 0.25) is 0 Å². The minimum absolute atomic E-state index is 0.426. The molecule has 0 aliphatic rings. The Morgan fingerprint density at radius 3 is 2.43 bits per heavy atom. The number of anilines is 1. The molecule has 4 heteroatoms. The van der Waals surface area contributed by atoms with E-state index in [-0.39, 0.29) is 0 Å². The minimum Gasteiger partial charge on any atom is -0.497 e. The van der Waals surface area contributed by atoms with Gasteiger partial charge in [-0.2, -0.15) is 0 Å². The van der Waals surface area contributed by atoms with E-state index in [9.17, 15) is 0 Å². The van der Waals surface area contributed by atoms with Gasteiger partial charge in [0.2, 0.25) is 0 Å². The predicted octanol–water partition coefficient (Wildman–Crippen LogP) is 3.27. The van der Waals surface area contributed by atoms with Crippen LogP contribution < -0.4 is 15.4 Å². The molecule has 3 nitrogen and oxygen atoms in total. The number of rotatable bonds is 5. The second-order valence-corrected chi connectivity index (χ2v) is 5.48. The van der Waals surface area contributed by atoms with Gasteiger partial charge in [0.1, 0.15) is 10.7 Å². The Bertz CT molecular complexity index is 638. The molecule has 0 aliphatic heterocycles. The van der Waals surface area contributed by atoms with Crippen molar-refractivity contribution >= 4 is 22.9 Å². The summed E-state index contributed by atoms with van der Waals surface area (Å²) in [6.07, 6.45) is 0. The van der Waals surface area contributed by atoms with Crippen molar-refractivity contribution in [3.8, 4) is 5.75 Å². The first kappa shape index (κ1) is 15.3. The highest BCUT2D eigenvalue weighted by molar-refractivity contribution is 7.80. The Hall–Kier alpha value is -2.07. The van der Waals surface area contributed by atoms with Gasteiger partial charge in [0.05, 0.1) is 7.11 Å². The van der Waals surface area contributed by atoms with Crippen LogP contribution in [0.1, 0.15) is 16.7 Å². The smallest absolute Gasteiger partial charge is 0.118 e. The second-order valence-electron chi connectivity index (χ2n) is 5.04. The molecular formula is C17H20N2OS. The number of ether oxygens (including phenoxy) is 1. The summed E-state index contributed by atoms with van der Waals surface area (Å²) in [5, 5.41) is 0. The molecular weight excluding hydrogens is 280 g/mol. The molecule has 0 aromatic heterocycles. The van der Waals surface area contributed by atoms with E-state index in [4.69, 9.17) is 22.7 Å². The van der Waals surface area contributed by atoms with Gasteiger partial charge in [0.15, 0.2) is 0 Å². The monoisotopic (exact) mass is 300 g/mol. The van der Waals surface area contributed by atoms with E-state index >= 15 is 0 Å². The third-order valence-corrected chi connectivity index (χ3v) is 3.68. The molecule has 0 atom stereocenters. The number of hydrogen-bond acceptors (Lipinski definition) is 3. The highest BCUT2D eigenvalue weighted by Crippen LogP contribution is 2.26. The Morgan fingerprint density at radius 1 is 1.19 bits per heavy atom. The van der Waals surface area contributed by atoms with E-state index in [1.165, 1.54) is 5.56 Å². The number of benzene rings is 2. The lowest BCUT2D eigenvalue weighted by atomic mass is 10.1. The number of nitrogens with two attached hydrogens (primary N) is 1. The lowest BCUT2D eigenvalue weighted by Crippen LogP contribution is -2.22. The summed E-state index contributed by atoms with van der Waals surface area (Å²) in [6, 6.07) is 14.1. The number of para-hydroxylation sites is 1. The molecule has 0 fully saturated rings. The SMILES string of the molecule is COc1ccc(CN(C)c2c(C)cccc2C(N)=S)cc1. The lowest BCUT2D eigenvalue weighted by Gasteiger charge is -2.24. The molecule has 21 heavy (non-hydrogen) atoms. The van der Waals surface area contributed by atoms with Crippen molar-refractivity contribution in [1.82, 2.24) is 0 Å². The normalized spacial score (nSPS) is 10.2. The number of aryl methyl sites for hydroxylation is 1. The van der Waals surface area contributed by atoms with Gasteiger partial charge < -0.3 is 15.4 Å². The maximum atomic E-state index is 5.84. The van der Waals surface area contributed by atoms with Crippen LogP contribution >= 0.6 is 12.2 Å². The fourth-order valence-electron chi connectivity index (χ4n) is 2.45. The van der Waals surface area contributed by atoms with Gasteiger partial charge >= 0.3 is 0 Å². The van der Waals surface area contributed by atoms with Crippen LogP contribution in [0.4, 0.5) is 5.69 Å². The summed E-state index contributed by atoms with van der Waals surface area (Å²) in [5.41, 5.74) is 10.2. The molecule has 0 amide bonds. The molecule has 0 saturated carbocycles. The zero-order valence-electron chi connectivity index (χ0n) is 12.6. The van der Waals surface area contributed by atoms with E-state index in [0.717, 1.165) is 29.1 Å². The van der Waals surface area contributed by atoms with E-state index in [1.807, 2.05) is 31.3 Å². The molecule has 0 spiro atoms. The quantitative estimate of drug-likeness (QED) is 0.860. The summed E-state index contributed by atoms with van der Waals surface area (Å²) < 4.78 is 5.18. The first-order valence-electron chi connectivity index (χ1n) is 6.76. The molecule has 2 rings (SSSR count). The van der Waals surface area contributed by atoms with Crippen LogP contribution in [-0.4, -0.2) is 19.1 Å². The maximum Gasteiger partial charge on any atom is 0.118 e. The summed E-state index contributed by atoms with van der Waals surface area (Å²) in [7, 11) is 3.72. The molecule has 0 radical (unpaired) electrons. The Balaban J connectivity index is 2.27. The highest BCUT2D eigenvalue weighted by Gasteiger charge is 2.12. The van der Waals surface area contributed by atoms with Crippen LogP contribution in [0.3, 0.4) is 0 Å². The Labute approximate surface area is 131 Å². The Kier molecular flexibility index (Phi) is 4.81. The largest absolute Gasteiger partial charge is 0.497 e. The zero-order chi connectivity index (χ0) is 15.4. The van der Waals surface area contributed by atoms with Gasteiger partial charge in [-0.1, -0.05) is 36.5 Å². The number of hydrogen-bond donors (Lipinski definition) is 1. The van der Waals surface area contributed by atoms with Crippen LogP contribution in [0.15, 0.2) is 42.5 Å². The van der Waals surface area contributed by atoms with E-state index < -0.39 is 0 Å². The van der Waals surface area contributed by atoms with Crippen molar-refractivity contribution in [2.75, 3.05) is 19.1 Å². The van der Waals surface area contributed by atoms with Gasteiger partial charge in [-0.25, -0.2) is 0 Å². The summed E-state index contributed by atoms with van der Waals surface area (Å²) >= 11 is 5.16. The molecule has 2 N–H and O–H groups in total. The molecule has 0 heterocycles. The van der Waals surface area contributed by atoms with Crippen molar-refractivity contribution < 1.29 is 4.74 Å². The molecule has 0 aliphatic carbocycles. The topological polar surface area (TPSA) is 38.5 Å². The number of thiocarbonyl (C=S) groups is 1. The average Bonchev–Trinajstić information content (AvgIpc) is 2.47.